The largest absolute Gasteiger partial charge is 0.293 e. The maximum Gasteiger partial charge on any atom is 0.280 e. The van der Waals surface area contributed by atoms with Crippen molar-refractivity contribution in [1.29, 1.82) is 0 Å². The lowest BCUT2D eigenvalue weighted by molar-refractivity contribution is 0.804. The molecule has 112 valence electrons. The van der Waals surface area contributed by atoms with E-state index in [4.69, 9.17) is 16.7 Å². The van der Waals surface area contributed by atoms with E-state index in [0.29, 0.717) is 16.4 Å². The molecule has 0 aliphatic heterocycles. The molecule has 0 bridgehead atoms. The highest BCUT2D eigenvalue weighted by Gasteiger charge is 2.14. The summed E-state index contributed by atoms with van der Waals surface area (Å²) in [4.78, 5) is 17.7. The van der Waals surface area contributed by atoms with Crippen LogP contribution in [0.4, 0.5) is 0 Å². The van der Waals surface area contributed by atoms with Crippen molar-refractivity contribution in [1.82, 2.24) is 14.8 Å². The average Bonchev–Trinajstić information content (AvgIpc) is 2.83. The molecule has 3 N–H and O–H groups in total. The first kappa shape index (κ1) is 14.9. The minimum Gasteiger partial charge on any atom is -0.293 e. The first-order valence-electron chi connectivity index (χ1n) is 6.51. The molecule has 2 aromatic heterocycles. The third-order valence-corrected chi connectivity index (χ3v) is 4.06. The van der Waals surface area contributed by atoms with E-state index in [9.17, 15) is 4.79 Å². The molecule has 22 heavy (non-hydrogen) atoms. The summed E-state index contributed by atoms with van der Waals surface area (Å²) in [5.74, 6) is 0.520. The summed E-state index contributed by atoms with van der Waals surface area (Å²) in [5, 5.41) is 9.16. The van der Waals surface area contributed by atoms with Crippen molar-refractivity contribution in [2.24, 2.45) is 5.14 Å². The second-order valence-electron chi connectivity index (χ2n) is 4.73. The number of nitrogens with zero attached hydrogens (tertiary/aromatic N) is 2. The lowest BCUT2D eigenvalue weighted by Crippen LogP contribution is -2.16. The van der Waals surface area contributed by atoms with Gasteiger partial charge in [0.25, 0.3) is 5.56 Å². The van der Waals surface area contributed by atoms with Crippen LogP contribution in [-0.4, -0.2) is 14.8 Å². The van der Waals surface area contributed by atoms with E-state index in [1.165, 1.54) is 4.68 Å². The van der Waals surface area contributed by atoms with Crippen molar-refractivity contribution in [2.45, 2.75) is 11.8 Å². The zero-order valence-corrected chi connectivity index (χ0v) is 13.3. The van der Waals surface area contributed by atoms with Crippen molar-refractivity contribution < 1.29 is 0 Å². The van der Waals surface area contributed by atoms with Crippen LogP contribution in [0, 0.1) is 6.92 Å². The summed E-state index contributed by atoms with van der Waals surface area (Å²) in [6, 6.07) is 10.7. The Morgan fingerprint density at radius 1 is 1.23 bits per heavy atom. The van der Waals surface area contributed by atoms with E-state index in [2.05, 4.69) is 10.1 Å². The normalized spacial score (nSPS) is 10.9. The van der Waals surface area contributed by atoms with E-state index < -0.39 is 0 Å². The number of aromatic amines is 1. The highest BCUT2D eigenvalue weighted by molar-refractivity contribution is 7.97. The van der Waals surface area contributed by atoms with Gasteiger partial charge < -0.3 is 0 Å². The minimum atomic E-state index is -0.152. The van der Waals surface area contributed by atoms with E-state index in [1.54, 1.807) is 24.4 Å². The second kappa shape index (κ2) is 6.00. The molecular formula is C15H13ClN4OS. The average molecular weight is 333 g/mol. The lowest BCUT2D eigenvalue weighted by atomic mass is 10.1. The smallest absolute Gasteiger partial charge is 0.280 e. The number of hydrogen-bond donors (Lipinski definition) is 2. The van der Waals surface area contributed by atoms with Crippen molar-refractivity contribution in [2.75, 3.05) is 0 Å². The van der Waals surface area contributed by atoms with Gasteiger partial charge in [0.1, 0.15) is 0 Å². The molecule has 0 fully saturated rings. The van der Waals surface area contributed by atoms with Gasteiger partial charge >= 0.3 is 0 Å². The van der Waals surface area contributed by atoms with Crippen LogP contribution in [0.25, 0.3) is 16.9 Å². The number of rotatable bonds is 3. The Balaban J connectivity index is 2.10. The van der Waals surface area contributed by atoms with Gasteiger partial charge in [-0.25, -0.2) is 9.67 Å². The van der Waals surface area contributed by atoms with E-state index in [-0.39, 0.29) is 5.56 Å². The maximum atomic E-state index is 12.7. The molecular weight excluding hydrogens is 320 g/mol. The molecule has 2 heterocycles. The van der Waals surface area contributed by atoms with Gasteiger partial charge in [0.15, 0.2) is 5.82 Å². The van der Waals surface area contributed by atoms with Gasteiger partial charge in [-0.2, -0.15) is 0 Å². The Hall–Kier alpha value is -2.02. The fourth-order valence-corrected chi connectivity index (χ4v) is 2.63. The van der Waals surface area contributed by atoms with Gasteiger partial charge in [0, 0.05) is 21.8 Å². The molecule has 5 nitrogen and oxygen atoms in total. The molecule has 0 radical (unpaired) electrons. The highest BCUT2D eigenvalue weighted by atomic mass is 35.5. The number of hydrogen-bond acceptors (Lipinski definition) is 4. The topological polar surface area (TPSA) is 76.7 Å². The van der Waals surface area contributed by atoms with Gasteiger partial charge in [0.05, 0.1) is 5.56 Å². The predicted octanol–water partition coefficient (Wildman–Crippen LogP) is 3.16. The van der Waals surface area contributed by atoms with Crippen LogP contribution in [0.15, 0.2) is 52.3 Å². The molecule has 0 spiro atoms. The van der Waals surface area contributed by atoms with Crippen LogP contribution >= 0.6 is 23.5 Å². The van der Waals surface area contributed by atoms with Crippen LogP contribution in [0.1, 0.15) is 5.69 Å². The summed E-state index contributed by atoms with van der Waals surface area (Å²) in [6.07, 6.45) is 1.63. The van der Waals surface area contributed by atoms with Crippen LogP contribution < -0.4 is 10.7 Å². The first-order valence-corrected chi connectivity index (χ1v) is 7.76. The van der Waals surface area contributed by atoms with Crippen LogP contribution in [-0.2, 0) is 0 Å². The molecule has 0 amide bonds. The first-order chi connectivity index (χ1) is 10.6. The fourth-order valence-electron chi connectivity index (χ4n) is 2.24. The number of halogens is 1. The number of nitrogens with two attached hydrogens (primary N) is 1. The van der Waals surface area contributed by atoms with E-state index in [1.807, 2.05) is 25.1 Å². The van der Waals surface area contributed by atoms with Crippen molar-refractivity contribution in [3.63, 3.8) is 0 Å². The number of aryl methyl sites for hydroxylation is 1. The summed E-state index contributed by atoms with van der Waals surface area (Å²) in [6.45, 7) is 1.85. The Morgan fingerprint density at radius 3 is 2.55 bits per heavy atom. The van der Waals surface area contributed by atoms with Crippen molar-refractivity contribution in [3.8, 4) is 16.9 Å². The van der Waals surface area contributed by atoms with Gasteiger partial charge in [-0.1, -0.05) is 23.7 Å². The molecule has 0 saturated heterocycles. The summed E-state index contributed by atoms with van der Waals surface area (Å²) in [5.41, 5.74) is 2.04. The summed E-state index contributed by atoms with van der Waals surface area (Å²) in [7, 11) is 0. The molecule has 0 unspecified atom stereocenters. The molecule has 0 aliphatic carbocycles. The number of H-pyrrole nitrogens is 1. The van der Waals surface area contributed by atoms with Crippen LogP contribution in [0.3, 0.4) is 0 Å². The lowest BCUT2D eigenvalue weighted by Gasteiger charge is -2.01. The Kier molecular flexibility index (Phi) is 4.06. The Labute approximate surface area is 136 Å². The molecule has 0 atom stereocenters. The maximum absolute atomic E-state index is 12.7. The van der Waals surface area contributed by atoms with Gasteiger partial charge in [-0.15, -0.1) is 0 Å². The highest BCUT2D eigenvalue weighted by Crippen LogP contribution is 2.21. The van der Waals surface area contributed by atoms with Crippen molar-refractivity contribution >= 4 is 23.5 Å². The molecule has 3 aromatic rings. The van der Waals surface area contributed by atoms with Gasteiger partial charge in [0.2, 0.25) is 0 Å². The molecule has 3 rings (SSSR count). The van der Waals surface area contributed by atoms with Crippen LogP contribution in [0.5, 0.6) is 0 Å². The van der Waals surface area contributed by atoms with Crippen LogP contribution in [0.2, 0.25) is 5.02 Å². The number of benzene rings is 1. The zero-order chi connectivity index (χ0) is 15.7. The minimum absolute atomic E-state index is 0.152. The van der Waals surface area contributed by atoms with Gasteiger partial charge in [-0.3, -0.25) is 15.0 Å². The monoisotopic (exact) mass is 332 g/mol. The Morgan fingerprint density at radius 2 is 1.95 bits per heavy atom. The standard InChI is InChI=1S/C15H13ClN4OS/c1-9-14(10-2-4-11(16)5-3-10)15(21)20(19-9)13-7-6-12(22-17)8-18-13/h2-8,19H,17H2,1H3. The summed E-state index contributed by atoms with van der Waals surface area (Å²) >= 11 is 7.01. The fraction of sp³-hybridized carbons (Fsp3) is 0.0667. The van der Waals surface area contributed by atoms with Crippen molar-refractivity contribution in [3.05, 3.63) is 63.7 Å². The molecule has 1 aromatic carbocycles. The molecule has 0 aliphatic rings. The van der Waals surface area contributed by atoms with Gasteiger partial charge in [-0.05, 0) is 48.7 Å². The zero-order valence-electron chi connectivity index (χ0n) is 11.7. The third kappa shape index (κ3) is 2.68. The number of aromatic nitrogens is 3. The predicted molar refractivity (Wildman–Crippen MR) is 89.4 cm³/mol. The number of nitrogens with one attached hydrogen (secondary N) is 1. The SMILES string of the molecule is Cc1[nH]n(-c2ccc(SN)cn2)c(=O)c1-c1ccc(Cl)cc1. The second-order valence-corrected chi connectivity index (χ2v) is 5.87. The quantitative estimate of drug-likeness (QED) is 0.722. The molecule has 0 saturated carbocycles. The third-order valence-electron chi connectivity index (χ3n) is 3.29. The number of pyridine rings is 1. The summed E-state index contributed by atoms with van der Waals surface area (Å²) < 4.78 is 1.42. The van der Waals surface area contributed by atoms with E-state index in [0.717, 1.165) is 28.1 Å². The van der Waals surface area contributed by atoms with E-state index >= 15 is 0 Å². The molecule has 7 heteroatoms. The Bertz CT molecular complexity index is 853.